The van der Waals surface area contributed by atoms with Crippen molar-refractivity contribution in [3.8, 4) is 0 Å². The van der Waals surface area contributed by atoms with Crippen molar-refractivity contribution in [1.29, 1.82) is 0 Å². The quantitative estimate of drug-likeness (QED) is 0.709. The van der Waals surface area contributed by atoms with Gasteiger partial charge in [-0.15, -0.1) is 5.10 Å². The van der Waals surface area contributed by atoms with E-state index in [9.17, 15) is 4.79 Å². The minimum atomic E-state index is -1.11. The molecule has 6 heteroatoms. The summed E-state index contributed by atoms with van der Waals surface area (Å²) in [5.74, 6) is -1.23. The number of carboxylic acids is 1. The lowest BCUT2D eigenvalue weighted by atomic mass is 10.3. The second-order valence-corrected chi connectivity index (χ2v) is 2.96. The first-order valence-corrected chi connectivity index (χ1v) is 4.01. The van der Waals surface area contributed by atoms with Crippen LogP contribution in [0.25, 0.3) is 5.52 Å². The van der Waals surface area contributed by atoms with Gasteiger partial charge < -0.3 is 5.11 Å². The molecule has 72 valence electrons. The van der Waals surface area contributed by atoms with Crippen LogP contribution in [0.15, 0.2) is 6.33 Å². The molecule has 1 N–H and O–H groups in total. The molecule has 0 radical (unpaired) electrons. The van der Waals surface area contributed by atoms with Crippen LogP contribution in [0.1, 0.15) is 22.0 Å². The Labute approximate surface area is 79.2 Å². The number of hydrogen-bond acceptors (Lipinski definition) is 4. The summed E-state index contributed by atoms with van der Waals surface area (Å²) in [6.07, 6.45) is 1.44. The number of hydrogen-bond donors (Lipinski definition) is 1. The summed E-state index contributed by atoms with van der Waals surface area (Å²) >= 11 is 0. The number of imidazole rings is 1. The Hall–Kier alpha value is -1.98. The fourth-order valence-corrected chi connectivity index (χ4v) is 1.40. The molecule has 2 heterocycles. The van der Waals surface area contributed by atoms with E-state index in [4.69, 9.17) is 5.11 Å². The fourth-order valence-electron chi connectivity index (χ4n) is 1.40. The zero-order valence-corrected chi connectivity index (χ0v) is 7.72. The standard InChI is InChI=1S/C8H8N4O2/c1-4-6-5(2)10-11-7(8(13)14)12(6)3-9-4/h3H,1-2H3,(H,13,14). The van der Waals surface area contributed by atoms with Crippen LogP contribution in [-0.4, -0.2) is 30.7 Å². The van der Waals surface area contributed by atoms with Gasteiger partial charge in [0.15, 0.2) is 0 Å². The number of carboxylic acid groups (broad SMARTS) is 1. The molecular weight excluding hydrogens is 184 g/mol. The maximum atomic E-state index is 10.8. The van der Waals surface area contributed by atoms with E-state index < -0.39 is 5.97 Å². The Morgan fingerprint density at radius 1 is 1.36 bits per heavy atom. The van der Waals surface area contributed by atoms with Gasteiger partial charge in [-0.2, -0.15) is 5.10 Å². The van der Waals surface area contributed by atoms with Crippen LogP contribution in [0.2, 0.25) is 0 Å². The molecule has 0 spiro atoms. The maximum Gasteiger partial charge on any atom is 0.374 e. The topological polar surface area (TPSA) is 80.4 Å². The summed E-state index contributed by atoms with van der Waals surface area (Å²) in [4.78, 5) is 14.8. The number of carbonyl (C=O) groups is 1. The van der Waals surface area contributed by atoms with Crippen molar-refractivity contribution in [2.45, 2.75) is 13.8 Å². The maximum absolute atomic E-state index is 10.8. The molecule has 0 saturated carbocycles. The summed E-state index contributed by atoms with van der Waals surface area (Å²) in [6.45, 7) is 3.57. The van der Waals surface area contributed by atoms with Crippen LogP contribution >= 0.6 is 0 Å². The molecule has 0 aliphatic heterocycles. The van der Waals surface area contributed by atoms with Crippen LogP contribution in [0.5, 0.6) is 0 Å². The molecule has 6 nitrogen and oxygen atoms in total. The number of rotatable bonds is 1. The molecule has 14 heavy (non-hydrogen) atoms. The van der Waals surface area contributed by atoms with Crippen molar-refractivity contribution >= 4 is 11.5 Å². The van der Waals surface area contributed by atoms with Crippen molar-refractivity contribution < 1.29 is 9.90 Å². The van der Waals surface area contributed by atoms with E-state index in [0.29, 0.717) is 11.2 Å². The SMILES string of the molecule is Cc1ncn2c(C(=O)O)nnc(C)c12. The lowest BCUT2D eigenvalue weighted by molar-refractivity contribution is 0.0680. The van der Waals surface area contributed by atoms with Crippen LogP contribution in [0.4, 0.5) is 0 Å². The van der Waals surface area contributed by atoms with E-state index in [1.165, 1.54) is 10.7 Å². The molecule has 0 unspecified atom stereocenters. The van der Waals surface area contributed by atoms with Gasteiger partial charge >= 0.3 is 5.97 Å². The van der Waals surface area contributed by atoms with Crippen LogP contribution in [0.3, 0.4) is 0 Å². The fraction of sp³-hybridized carbons (Fsp3) is 0.250. The largest absolute Gasteiger partial charge is 0.475 e. The molecule has 0 fully saturated rings. The third-order valence-electron chi connectivity index (χ3n) is 2.01. The highest BCUT2D eigenvalue weighted by atomic mass is 16.4. The Kier molecular flexibility index (Phi) is 1.70. The van der Waals surface area contributed by atoms with E-state index in [1.54, 1.807) is 13.8 Å². The van der Waals surface area contributed by atoms with Gasteiger partial charge in [-0.05, 0) is 13.8 Å². The number of aryl methyl sites for hydroxylation is 2. The monoisotopic (exact) mass is 192 g/mol. The highest BCUT2D eigenvalue weighted by Crippen LogP contribution is 2.12. The Morgan fingerprint density at radius 3 is 2.71 bits per heavy atom. The molecule has 0 aliphatic carbocycles. The summed E-state index contributed by atoms with van der Waals surface area (Å²) in [5.41, 5.74) is 2.13. The first kappa shape index (κ1) is 8.61. The summed E-state index contributed by atoms with van der Waals surface area (Å²) < 4.78 is 1.43. The zero-order chi connectivity index (χ0) is 10.3. The first-order valence-electron chi connectivity index (χ1n) is 4.01. The second kappa shape index (κ2) is 2.76. The number of aromatic carboxylic acids is 1. The molecule has 2 aromatic rings. The number of nitrogens with zero attached hydrogens (tertiary/aromatic N) is 4. The average Bonchev–Trinajstić information content (AvgIpc) is 2.49. The van der Waals surface area contributed by atoms with Gasteiger partial charge in [0.25, 0.3) is 0 Å². The zero-order valence-electron chi connectivity index (χ0n) is 7.72. The molecule has 0 atom stereocenters. The van der Waals surface area contributed by atoms with Crippen molar-refractivity contribution in [3.63, 3.8) is 0 Å². The minimum Gasteiger partial charge on any atom is -0.475 e. The molecule has 0 amide bonds. The van der Waals surface area contributed by atoms with Crippen molar-refractivity contribution in [3.05, 3.63) is 23.5 Å². The third-order valence-corrected chi connectivity index (χ3v) is 2.01. The van der Waals surface area contributed by atoms with Gasteiger partial charge in [0, 0.05) is 0 Å². The summed E-state index contributed by atoms with van der Waals surface area (Å²) in [6, 6.07) is 0. The highest BCUT2D eigenvalue weighted by molar-refractivity contribution is 5.84. The predicted octanol–water partition coefficient (Wildman–Crippen LogP) is 0.439. The number of fused-ring (bicyclic) bond motifs is 1. The van der Waals surface area contributed by atoms with Crippen molar-refractivity contribution in [1.82, 2.24) is 19.6 Å². The molecule has 0 saturated heterocycles. The lowest BCUT2D eigenvalue weighted by Gasteiger charge is -2.00. The molecule has 0 aromatic carbocycles. The minimum absolute atomic E-state index is 0.119. The van der Waals surface area contributed by atoms with Crippen molar-refractivity contribution in [2.75, 3.05) is 0 Å². The number of aromatic nitrogens is 4. The van der Waals surface area contributed by atoms with Gasteiger partial charge in [-0.1, -0.05) is 0 Å². The molecule has 0 aliphatic rings. The lowest BCUT2D eigenvalue weighted by Crippen LogP contribution is -2.10. The van der Waals surface area contributed by atoms with Gasteiger partial charge in [-0.3, -0.25) is 4.40 Å². The Balaban J connectivity index is 2.90. The van der Waals surface area contributed by atoms with E-state index in [0.717, 1.165) is 5.69 Å². The molecular formula is C8H8N4O2. The van der Waals surface area contributed by atoms with Gasteiger partial charge in [0.1, 0.15) is 6.33 Å². The van der Waals surface area contributed by atoms with Gasteiger partial charge in [0.05, 0.1) is 16.9 Å². The van der Waals surface area contributed by atoms with E-state index in [1.807, 2.05) is 0 Å². The summed E-state index contributed by atoms with van der Waals surface area (Å²) in [7, 11) is 0. The third kappa shape index (κ3) is 1.04. The van der Waals surface area contributed by atoms with Crippen LogP contribution < -0.4 is 0 Å². The smallest absolute Gasteiger partial charge is 0.374 e. The van der Waals surface area contributed by atoms with E-state index >= 15 is 0 Å². The average molecular weight is 192 g/mol. The normalized spacial score (nSPS) is 10.7. The van der Waals surface area contributed by atoms with E-state index in [-0.39, 0.29) is 5.82 Å². The van der Waals surface area contributed by atoms with E-state index in [2.05, 4.69) is 15.2 Å². The van der Waals surface area contributed by atoms with Crippen LogP contribution in [0, 0.1) is 13.8 Å². The molecule has 2 aromatic heterocycles. The molecule has 0 bridgehead atoms. The predicted molar refractivity (Wildman–Crippen MR) is 47.2 cm³/mol. The van der Waals surface area contributed by atoms with Crippen LogP contribution in [-0.2, 0) is 0 Å². The molecule has 2 rings (SSSR count). The van der Waals surface area contributed by atoms with Crippen molar-refractivity contribution in [2.24, 2.45) is 0 Å². The highest BCUT2D eigenvalue weighted by Gasteiger charge is 2.14. The first-order chi connectivity index (χ1) is 6.61. The second-order valence-electron chi connectivity index (χ2n) is 2.96. The van der Waals surface area contributed by atoms with Gasteiger partial charge in [0.2, 0.25) is 5.82 Å². The Morgan fingerprint density at radius 2 is 2.07 bits per heavy atom. The van der Waals surface area contributed by atoms with Gasteiger partial charge in [-0.25, -0.2) is 9.78 Å². The Bertz CT molecular complexity index is 517. The summed E-state index contributed by atoms with van der Waals surface area (Å²) in [5, 5.41) is 16.2.